The van der Waals surface area contributed by atoms with Gasteiger partial charge in [-0.2, -0.15) is 0 Å². The molecule has 0 unspecified atom stereocenters. The molecule has 3 aromatic rings. The van der Waals surface area contributed by atoms with E-state index in [9.17, 15) is 14.0 Å². The van der Waals surface area contributed by atoms with Crippen molar-refractivity contribution in [2.75, 3.05) is 16.4 Å². The zero-order valence-electron chi connectivity index (χ0n) is 16.4. The monoisotopic (exact) mass is 445 g/mol. The Labute approximate surface area is 181 Å². The maximum Gasteiger partial charge on any atom is 0.325 e. The van der Waals surface area contributed by atoms with Gasteiger partial charge in [-0.15, -0.1) is 10.2 Å². The summed E-state index contributed by atoms with van der Waals surface area (Å²) in [5, 5.41) is 16.6. The number of nitrogens with zero attached hydrogens (tertiary/aromatic N) is 2. The van der Waals surface area contributed by atoms with E-state index in [1.165, 1.54) is 35.2 Å². The third-order valence-corrected chi connectivity index (χ3v) is 6.12. The lowest BCUT2D eigenvalue weighted by molar-refractivity contribution is -0.117. The van der Waals surface area contributed by atoms with Crippen molar-refractivity contribution in [3.05, 3.63) is 65.0 Å². The van der Waals surface area contributed by atoms with Crippen LogP contribution in [0.3, 0.4) is 0 Å². The van der Waals surface area contributed by atoms with Crippen LogP contribution in [0.4, 0.5) is 20.0 Å². The van der Waals surface area contributed by atoms with Gasteiger partial charge >= 0.3 is 6.03 Å². The molecule has 1 heterocycles. The highest BCUT2D eigenvalue weighted by atomic mass is 32.2. The van der Waals surface area contributed by atoms with Gasteiger partial charge in [0.15, 0.2) is 4.34 Å². The van der Waals surface area contributed by atoms with Crippen LogP contribution < -0.4 is 16.0 Å². The van der Waals surface area contributed by atoms with Crippen LogP contribution in [0.15, 0.2) is 46.8 Å². The Hall–Kier alpha value is -2.98. The standard InChI is InChI=1S/C20H20FN5O2S2/c1-12-3-8-16(9-13(12)2)23-18(28)24-17(27)11-29-20-26-25-19(30-20)22-10-14-4-6-15(21)7-5-14/h3-9H,10-11H2,1-2H3,(H,22,25)(H2,23,24,27,28). The second kappa shape index (κ2) is 10.2. The number of amides is 3. The summed E-state index contributed by atoms with van der Waals surface area (Å²) in [4.78, 5) is 24.0. The average molecular weight is 446 g/mol. The Morgan fingerprint density at radius 1 is 1.07 bits per heavy atom. The number of rotatable bonds is 7. The smallest absolute Gasteiger partial charge is 0.325 e. The Morgan fingerprint density at radius 2 is 1.83 bits per heavy atom. The number of imide groups is 1. The predicted octanol–water partition coefficient (Wildman–Crippen LogP) is 4.35. The minimum atomic E-state index is -0.581. The number of nitrogens with one attached hydrogen (secondary N) is 3. The van der Waals surface area contributed by atoms with E-state index in [2.05, 4.69) is 26.1 Å². The molecule has 1 aromatic heterocycles. The van der Waals surface area contributed by atoms with Gasteiger partial charge in [0.1, 0.15) is 5.82 Å². The highest BCUT2D eigenvalue weighted by Gasteiger charge is 2.11. The van der Waals surface area contributed by atoms with Crippen molar-refractivity contribution in [2.24, 2.45) is 0 Å². The van der Waals surface area contributed by atoms with E-state index in [0.29, 0.717) is 21.7 Å². The van der Waals surface area contributed by atoms with Gasteiger partial charge in [-0.3, -0.25) is 10.1 Å². The molecule has 3 amide bonds. The Balaban J connectivity index is 1.41. The van der Waals surface area contributed by atoms with Crippen molar-refractivity contribution >= 4 is 45.9 Å². The molecule has 0 atom stereocenters. The van der Waals surface area contributed by atoms with E-state index in [0.717, 1.165) is 16.7 Å². The lowest BCUT2D eigenvalue weighted by Crippen LogP contribution is -2.35. The quantitative estimate of drug-likeness (QED) is 0.468. The minimum Gasteiger partial charge on any atom is -0.356 e. The van der Waals surface area contributed by atoms with Crippen LogP contribution in [0, 0.1) is 19.7 Å². The topological polar surface area (TPSA) is 96.0 Å². The van der Waals surface area contributed by atoms with Crippen molar-refractivity contribution < 1.29 is 14.0 Å². The number of urea groups is 1. The van der Waals surface area contributed by atoms with Crippen molar-refractivity contribution in [3.63, 3.8) is 0 Å². The third kappa shape index (κ3) is 6.53. The van der Waals surface area contributed by atoms with Crippen LogP contribution >= 0.6 is 23.1 Å². The van der Waals surface area contributed by atoms with Gasteiger partial charge in [0.05, 0.1) is 5.75 Å². The molecule has 0 aliphatic rings. The number of anilines is 2. The maximum atomic E-state index is 12.9. The lowest BCUT2D eigenvalue weighted by Gasteiger charge is -2.08. The van der Waals surface area contributed by atoms with Gasteiger partial charge in [0.2, 0.25) is 11.0 Å². The van der Waals surface area contributed by atoms with Gasteiger partial charge in [-0.1, -0.05) is 41.3 Å². The molecule has 30 heavy (non-hydrogen) atoms. The molecular weight excluding hydrogens is 425 g/mol. The Bertz CT molecular complexity index is 1040. The fourth-order valence-corrected chi connectivity index (χ4v) is 3.94. The highest BCUT2D eigenvalue weighted by Crippen LogP contribution is 2.25. The summed E-state index contributed by atoms with van der Waals surface area (Å²) in [7, 11) is 0. The Kier molecular flexibility index (Phi) is 7.36. The molecule has 0 bridgehead atoms. The zero-order chi connectivity index (χ0) is 21.5. The first-order chi connectivity index (χ1) is 14.4. The van der Waals surface area contributed by atoms with Gasteiger partial charge < -0.3 is 10.6 Å². The van der Waals surface area contributed by atoms with Crippen LogP contribution in [0.2, 0.25) is 0 Å². The zero-order valence-corrected chi connectivity index (χ0v) is 18.0. The summed E-state index contributed by atoms with van der Waals surface area (Å²) in [5.41, 5.74) is 3.71. The lowest BCUT2D eigenvalue weighted by atomic mass is 10.1. The summed E-state index contributed by atoms with van der Waals surface area (Å²) in [6.45, 7) is 4.42. The van der Waals surface area contributed by atoms with Crippen LogP contribution in [0.25, 0.3) is 0 Å². The number of thioether (sulfide) groups is 1. The van der Waals surface area contributed by atoms with Crippen molar-refractivity contribution in [2.45, 2.75) is 24.7 Å². The molecule has 0 spiro atoms. The third-order valence-electron chi connectivity index (χ3n) is 4.11. The minimum absolute atomic E-state index is 0.0347. The molecule has 0 aliphatic carbocycles. The second-order valence-corrected chi connectivity index (χ2v) is 8.64. The molecule has 0 saturated heterocycles. The summed E-state index contributed by atoms with van der Waals surface area (Å²) in [5.74, 6) is -0.681. The molecule has 0 radical (unpaired) electrons. The van der Waals surface area contributed by atoms with Gasteiger partial charge in [-0.05, 0) is 54.8 Å². The molecule has 0 fully saturated rings. The number of aromatic nitrogens is 2. The number of carbonyl (C=O) groups excluding carboxylic acids is 2. The molecular formula is C20H20FN5O2S2. The van der Waals surface area contributed by atoms with E-state index in [4.69, 9.17) is 0 Å². The van der Waals surface area contributed by atoms with E-state index < -0.39 is 11.9 Å². The van der Waals surface area contributed by atoms with Crippen molar-refractivity contribution in [1.82, 2.24) is 15.5 Å². The number of hydrogen-bond acceptors (Lipinski definition) is 7. The number of hydrogen-bond donors (Lipinski definition) is 3. The molecule has 0 aliphatic heterocycles. The number of halogens is 1. The first-order valence-corrected chi connectivity index (χ1v) is 10.8. The van der Waals surface area contributed by atoms with Crippen LogP contribution in [-0.4, -0.2) is 27.9 Å². The first-order valence-electron chi connectivity index (χ1n) is 9.02. The fraction of sp³-hybridized carbons (Fsp3) is 0.200. The van der Waals surface area contributed by atoms with Crippen molar-refractivity contribution in [1.29, 1.82) is 0 Å². The van der Waals surface area contributed by atoms with Crippen LogP contribution in [0.1, 0.15) is 16.7 Å². The Morgan fingerprint density at radius 3 is 2.57 bits per heavy atom. The maximum absolute atomic E-state index is 12.9. The number of carbonyl (C=O) groups is 2. The van der Waals surface area contributed by atoms with Crippen LogP contribution in [-0.2, 0) is 11.3 Å². The van der Waals surface area contributed by atoms with E-state index in [-0.39, 0.29) is 11.6 Å². The first kappa shape index (κ1) is 21.7. The van der Waals surface area contributed by atoms with Crippen molar-refractivity contribution in [3.8, 4) is 0 Å². The SMILES string of the molecule is Cc1ccc(NC(=O)NC(=O)CSc2nnc(NCc3ccc(F)cc3)s2)cc1C. The van der Waals surface area contributed by atoms with Crippen LogP contribution in [0.5, 0.6) is 0 Å². The average Bonchev–Trinajstić information content (AvgIpc) is 3.17. The summed E-state index contributed by atoms with van der Waals surface area (Å²) >= 11 is 2.49. The molecule has 2 aromatic carbocycles. The molecule has 7 nitrogen and oxygen atoms in total. The van der Waals surface area contributed by atoms with Gasteiger partial charge in [0.25, 0.3) is 0 Å². The molecule has 0 saturated carbocycles. The fourth-order valence-electron chi connectivity index (χ4n) is 2.39. The van der Waals surface area contributed by atoms with E-state index in [1.807, 2.05) is 26.0 Å². The number of benzene rings is 2. The molecule has 3 N–H and O–H groups in total. The molecule has 3 rings (SSSR count). The molecule has 156 valence electrons. The van der Waals surface area contributed by atoms with E-state index in [1.54, 1.807) is 18.2 Å². The summed E-state index contributed by atoms with van der Waals surface area (Å²) in [6, 6.07) is 11.1. The number of aryl methyl sites for hydroxylation is 2. The van der Waals surface area contributed by atoms with E-state index >= 15 is 0 Å². The second-order valence-electron chi connectivity index (χ2n) is 6.44. The van der Waals surface area contributed by atoms with Gasteiger partial charge in [-0.25, -0.2) is 9.18 Å². The summed E-state index contributed by atoms with van der Waals surface area (Å²) < 4.78 is 13.5. The largest absolute Gasteiger partial charge is 0.356 e. The van der Waals surface area contributed by atoms with Gasteiger partial charge in [0, 0.05) is 12.2 Å². The molecule has 10 heteroatoms. The highest BCUT2D eigenvalue weighted by molar-refractivity contribution is 8.01. The predicted molar refractivity (Wildman–Crippen MR) is 117 cm³/mol. The normalized spacial score (nSPS) is 10.5. The summed E-state index contributed by atoms with van der Waals surface area (Å²) in [6.07, 6.45) is 0.